The Hall–Kier alpha value is -3.12. The topological polar surface area (TPSA) is 81.4 Å². The van der Waals surface area contributed by atoms with Crippen LogP contribution in [-0.2, 0) is 13.2 Å². The first-order valence-electron chi connectivity index (χ1n) is 8.04. The van der Waals surface area contributed by atoms with Gasteiger partial charge in [-0.3, -0.25) is 9.59 Å². The standard InChI is InChI=1S/C20H18N2O3S/c21-19(23)15-5-1-4-14(10-15)12-22-20(24)16-6-2-7-17(11-16)25-13-18-8-3-9-26-18/h1-11H,12-13H2,(H2,21,23)(H,22,24). The first-order valence-corrected chi connectivity index (χ1v) is 8.92. The van der Waals surface area contributed by atoms with Crippen LogP contribution in [0.25, 0.3) is 0 Å². The monoisotopic (exact) mass is 366 g/mol. The van der Waals surface area contributed by atoms with Crippen LogP contribution in [0.15, 0.2) is 66.0 Å². The number of amides is 2. The number of hydrogen-bond acceptors (Lipinski definition) is 4. The fraction of sp³-hybridized carbons (Fsp3) is 0.100. The molecule has 0 unspecified atom stereocenters. The molecule has 0 atom stereocenters. The van der Waals surface area contributed by atoms with Crippen LogP contribution in [0.4, 0.5) is 0 Å². The summed E-state index contributed by atoms with van der Waals surface area (Å²) in [6, 6.07) is 17.9. The van der Waals surface area contributed by atoms with Crippen molar-refractivity contribution in [3.8, 4) is 5.75 Å². The second-order valence-electron chi connectivity index (χ2n) is 5.64. The Bertz CT molecular complexity index is 907. The van der Waals surface area contributed by atoms with E-state index in [2.05, 4.69) is 5.32 Å². The molecule has 1 aromatic heterocycles. The highest BCUT2D eigenvalue weighted by Gasteiger charge is 2.08. The molecular weight excluding hydrogens is 348 g/mol. The van der Waals surface area contributed by atoms with Crippen LogP contribution in [-0.4, -0.2) is 11.8 Å². The Morgan fingerprint density at radius 1 is 1.00 bits per heavy atom. The van der Waals surface area contributed by atoms with Crippen molar-refractivity contribution in [2.45, 2.75) is 13.2 Å². The van der Waals surface area contributed by atoms with Gasteiger partial charge in [-0.25, -0.2) is 0 Å². The summed E-state index contributed by atoms with van der Waals surface area (Å²) in [5.74, 6) is -0.0633. The molecule has 0 saturated heterocycles. The molecule has 0 aliphatic heterocycles. The summed E-state index contributed by atoms with van der Waals surface area (Å²) in [4.78, 5) is 24.7. The molecule has 0 aliphatic rings. The van der Waals surface area contributed by atoms with E-state index in [0.29, 0.717) is 30.0 Å². The maximum absolute atomic E-state index is 12.4. The van der Waals surface area contributed by atoms with E-state index >= 15 is 0 Å². The van der Waals surface area contributed by atoms with Gasteiger partial charge in [-0.15, -0.1) is 11.3 Å². The lowest BCUT2D eigenvalue weighted by atomic mass is 10.1. The van der Waals surface area contributed by atoms with Gasteiger partial charge in [0, 0.05) is 22.5 Å². The molecule has 3 rings (SSSR count). The van der Waals surface area contributed by atoms with E-state index in [1.54, 1.807) is 47.7 Å². The number of carbonyl (C=O) groups excluding carboxylic acids is 2. The SMILES string of the molecule is NC(=O)c1cccc(CNC(=O)c2cccc(OCc3cccs3)c2)c1. The van der Waals surface area contributed by atoms with Crippen molar-refractivity contribution in [3.63, 3.8) is 0 Å². The number of thiophene rings is 1. The van der Waals surface area contributed by atoms with Crippen molar-refractivity contribution in [1.29, 1.82) is 0 Å². The highest BCUT2D eigenvalue weighted by Crippen LogP contribution is 2.17. The average molecular weight is 366 g/mol. The van der Waals surface area contributed by atoms with E-state index in [1.807, 2.05) is 29.6 Å². The molecule has 0 fully saturated rings. The van der Waals surface area contributed by atoms with Crippen LogP contribution < -0.4 is 15.8 Å². The zero-order valence-corrected chi connectivity index (χ0v) is 14.8. The summed E-state index contributed by atoms with van der Waals surface area (Å²) >= 11 is 1.62. The molecule has 2 aromatic carbocycles. The molecular formula is C20H18N2O3S. The Labute approximate surface area is 155 Å². The Kier molecular flexibility index (Phi) is 5.66. The number of ether oxygens (including phenoxy) is 1. The van der Waals surface area contributed by atoms with E-state index < -0.39 is 5.91 Å². The highest BCUT2D eigenvalue weighted by molar-refractivity contribution is 7.09. The van der Waals surface area contributed by atoms with E-state index in [9.17, 15) is 9.59 Å². The number of hydrogen-bond donors (Lipinski definition) is 2. The molecule has 0 spiro atoms. The largest absolute Gasteiger partial charge is 0.488 e. The molecule has 26 heavy (non-hydrogen) atoms. The maximum Gasteiger partial charge on any atom is 0.251 e. The molecule has 5 nitrogen and oxygen atoms in total. The zero-order chi connectivity index (χ0) is 18.4. The average Bonchev–Trinajstić information content (AvgIpc) is 3.18. The van der Waals surface area contributed by atoms with Gasteiger partial charge in [0.05, 0.1) is 0 Å². The highest BCUT2D eigenvalue weighted by atomic mass is 32.1. The zero-order valence-electron chi connectivity index (χ0n) is 14.0. The van der Waals surface area contributed by atoms with Gasteiger partial charge < -0.3 is 15.8 Å². The number of rotatable bonds is 7. The van der Waals surface area contributed by atoms with Crippen molar-refractivity contribution in [1.82, 2.24) is 5.32 Å². The van der Waals surface area contributed by atoms with E-state index in [0.717, 1.165) is 10.4 Å². The molecule has 0 radical (unpaired) electrons. The van der Waals surface area contributed by atoms with Crippen molar-refractivity contribution in [2.75, 3.05) is 0 Å². The summed E-state index contributed by atoms with van der Waals surface area (Å²) in [6.07, 6.45) is 0. The summed E-state index contributed by atoms with van der Waals surface area (Å²) < 4.78 is 5.73. The van der Waals surface area contributed by atoms with Gasteiger partial charge >= 0.3 is 0 Å². The lowest BCUT2D eigenvalue weighted by molar-refractivity contribution is 0.0949. The molecule has 0 aliphatic carbocycles. The second kappa shape index (κ2) is 8.31. The lowest BCUT2D eigenvalue weighted by Gasteiger charge is -2.09. The maximum atomic E-state index is 12.4. The van der Waals surface area contributed by atoms with Crippen LogP contribution in [0.5, 0.6) is 5.75 Å². The minimum Gasteiger partial charge on any atom is -0.488 e. The smallest absolute Gasteiger partial charge is 0.251 e. The number of nitrogens with one attached hydrogen (secondary N) is 1. The molecule has 2 amide bonds. The number of carbonyl (C=O) groups is 2. The van der Waals surface area contributed by atoms with Crippen molar-refractivity contribution in [3.05, 3.63) is 87.6 Å². The molecule has 0 bridgehead atoms. The third-order valence-corrected chi connectivity index (χ3v) is 4.57. The van der Waals surface area contributed by atoms with Crippen molar-refractivity contribution < 1.29 is 14.3 Å². The van der Waals surface area contributed by atoms with Crippen LogP contribution in [0.2, 0.25) is 0 Å². The van der Waals surface area contributed by atoms with Gasteiger partial charge in [-0.1, -0.05) is 24.3 Å². The first kappa shape index (κ1) is 17.7. The fourth-order valence-corrected chi connectivity index (χ4v) is 3.01. The fourth-order valence-electron chi connectivity index (χ4n) is 2.40. The normalized spacial score (nSPS) is 10.3. The van der Waals surface area contributed by atoms with E-state index in [1.165, 1.54) is 0 Å². The number of nitrogens with two attached hydrogens (primary N) is 1. The third-order valence-electron chi connectivity index (χ3n) is 3.72. The van der Waals surface area contributed by atoms with E-state index in [4.69, 9.17) is 10.5 Å². The lowest BCUT2D eigenvalue weighted by Crippen LogP contribution is -2.23. The van der Waals surface area contributed by atoms with Crippen LogP contribution in [0, 0.1) is 0 Å². The summed E-state index contributed by atoms with van der Waals surface area (Å²) in [5, 5.41) is 4.83. The summed E-state index contributed by atoms with van der Waals surface area (Å²) in [5.41, 5.74) is 7.01. The predicted octanol–water partition coefficient (Wildman–Crippen LogP) is 3.36. The molecule has 3 N–H and O–H groups in total. The molecule has 1 heterocycles. The van der Waals surface area contributed by atoms with Crippen LogP contribution in [0.1, 0.15) is 31.2 Å². The molecule has 6 heteroatoms. The molecule has 132 valence electrons. The number of benzene rings is 2. The van der Waals surface area contributed by atoms with Gasteiger partial charge in [0.2, 0.25) is 5.91 Å². The van der Waals surface area contributed by atoms with Crippen LogP contribution in [0.3, 0.4) is 0 Å². The Morgan fingerprint density at radius 3 is 2.58 bits per heavy atom. The minimum atomic E-state index is -0.492. The van der Waals surface area contributed by atoms with Crippen LogP contribution >= 0.6 is 11.3 Å². The van der Waals surface area contributed by atoms with E-state index in [-0.39, 0.29) is 5.91 Å². The third kappa shape index (κ3) is 4.70. The van der Waals surface area contributed by atoms with Gasteiger partial charge in [0.15, 0.2) is 0 Å². The first-order chi connectivity index (χ1) is 12.6. The van der Waals surface area contributed by atoms with Gasteiger partial charge in [0.1, 0.15) is 12.4 Å². The van der Waals surface area contributed by atoms with Crippen molar-refractivity contribution >= 4 is 23.2 Å². The predicted molar refractivity (Wildman–Crippen MR) is 101 cm³/mol. The van der Waals surface area contributed by atoms with Gasteiger partial charge in [-0.2, -0.15) is 0 Å². The second-order valence-corrected chi connectivity index (χ2v) is 6.68. The Morgan fingerprint density at radius 2 is 1.81 bits per heavy atom. The number of primary amides is 1. The summed E-state index contributed by atoms with van der Waals surface area (Å²) in [7, 11) is 0. The molecule has 3 aromatic rings. The summed E-state index contributed by atoms with van der Waals surface area (Å²) in [6.45, 7) is 0.781. The van der Waals surface area contributed by atoms with Gasteiger partial charge in [-0.05, 0) is 47.3 Å². The quantitative estimate of drug-likeness (QED) is 0.673. The minimum absolute atomic E-state index is 0.212. The van der Waals surface area contributed by atoms with Crippen molar-refractivity contribution in [2.24, 2.45) is 5.73 Å². The Balaban J connectivity index is 1.60. The molecule has 0 saturated carbocycles. The van der Waals surface area contributed by atoms with Gasteiger partial charge in [0.25, 0.3) is 5.91 Å².